The van der Waals surface area contributed by atoms with E-state index in [2.05, 4.69) is 34.7 Å². The number of nitrogens with two attached hydrogens (primary N) is 1. The third kappa shape index (κ3) is 3.38. The van der Waals surface area contributed by atoms with Crippen LogP contribution in [0.5, 0.6) is 0 Å². The van der Waals surface area contributed by atoms with E-state index in [4.69, 9.17) is 5.73 Å². The van der Waals surface area contributed by atoms with E-state index in [-0.39, 0.29) is 0 Å². The summed E-state index contributed by atoms with van der Waals surface area (Å²) in [6, 6.07) is 19.4. The van der Waals surface area contributed by atoms with Crippen LogP contribution in [0.25, 0.3) is 21.8 Å². The Balaban J connectivity index is 1.92. The SMILES string of the molecule is CCCCCc1c[c]c2c3c(C(N)=O)cccc3n(Cc3ccccn3)c2c1. The van der Waals surface area contributed by atoms with Gasteiger partial charge in [-0.2, -0.15) is 0 Å². The van der Waals surface area contributed by atoms with Crippen LogP contribution in [0.3, 0.4) is 0 Å². The molecule has 0 saturated heterocycles. The molecule has 0 aliphatic heterocycles. The van der Waals surface area contributed by atoms with Crippen molar-refractivity contribution in [2.45, 2.75) is 39.2 Å². The maximum Gasteiger partial charge on any atom is 0.249 e. The highest BCUT2D eigenvalue weighted by molar-refractivity contribution is 6.17. The summed E-state index contributed by atoms with van der Waals surface area (Å²) in [5.74, 6) is -0.414. The van der Waals surface area contributed by atoms with Gasteiger partial charge in [0, 0.05) is 22.5 Å². The molecule has 0 fully saturated rings. The van der Waals surface area contributed by atoms with Crippen molar-refractivity contribution in [3.8, 4) is 0 Å². The fraction of sp³-hybridized carbons (Fsp3) is 0.250. The summed E-state index contributed by atoms with van der Waals surface area (Å²) < 4.78 is 2.22. The van der Waals surface area contributed by atoms with Gasteiger partial charge in [0.2, 0.25) is 5.91 Å². The molecule has 2 heterocycles. The minimum Gasteiger partial charge on any atom is -0.366 e. The molecule has 2 aromatic carbocycles. The number of benzene rings is 2. The Morgan fingerprint density at radius 2 is 2.04 bits per heavy atom. The fourth-order valence-corrected chi connectivity index (χ4v) is 3.85. The van der Waals surface area contributed by atoms with Gasteiger partial charge < -0.3 is 10.3 Å². The van der Waals surface area contributed by atoms with Crippen molar-refractivity contribution in [3.05, 3.63) is 77.6 Å². The molecule has 0 bridgehead atoms. The van der Waals surface area contributed by atoms with E-state index in [1.807, 2.05) is 30.3 Å². The number of rotatable bonds is 7. The third-order valence-corrected chi connectivity index (χ3v) is 5.23. The van der Waals surface area contributed by atoms with Gasteiger partial charge in [0.25, 0.3) is 0 Å². The molecule has 0 saturated carbocycles. The molecule has 0 unspecified atom stereocenters. The largest absolute Gasteiger partial charge is 0.366 e. The first-order valence-corrected chi connectivity index (χ1v) is 9.84. The number of hydrogen-bond donors (Lipinski definition) is 1. The predicted octanol–water partition coefficient (Wildman–Crippen LogP) is 4.87. The second kappa shape index (κ2) is 7.85. The second-order valence-electron chi connectivity index (χ2n) is 7.20. The number of pyridine rings is 1. The summed E-state index contributed by atoms with van der Waals surface area (Å²) in [5, 5.41) is 1.82. The van der Waals surface area contributed by atoms with E-state index in [9.17, 15) is 4.79 Å². The number of carbonyl (C=O) groups excluding carboxylic acids is 1. The van der Waals surface area contributed by atoms with Crippen molar-refractivity contribution >= 4 is 27.7 Å². The van der Waals surface area contributed by atoms with Crippen LogP contribution >= 0.6 is 0 Å². The summed E-state index contributed by atoms with van der Waals surface area (Å²) >= 11 is 0. The lowest BCUT2D eigenvalue weighted by atomic mass is 10.0. The molecule has 4 nitrogen and oxygen atoms in total. The van der Waals surface area contributed by atoms with Crippen molar-refractivity contribution in [1.29, 1.82) is 0 Å². The van der Waals surface area contributed by atoms with E-state index < -0.39 is 5.91 Å². The quantitative estimate of drug-likeness (QED) is 0.472. The maximum absolute atomic E-state index is 12.1. The Morgan fingerprint density at radius 1 is 1.14 bits per heavy atom. The predicted molar refractivity (Wildman–Crippen MR) is 113 cm³/mol. The molecule has 28 heavy (non-hydrogen) atoms. The molecule has 4 aromatic rings. The van der Waals surface area contributed by atoms with E-state index >= 15 is 0 Å². The highest BCUT2D eigenvalue weighted by atomic mass is 16.1. The van der Waals surface area contributed by atoms with Crippen LogP contribution in [0.15, 0.2) is 54.7 Å². The average Bonchev–Trinajstić information content (AvgIpc) is 3.02. The number of fused-ring (bicyclic) bond motifs is 3. The summed E-state index contributed by atoms with van der Waals surface area (Å²) in [5.41, 5.74) is 10.5. The van der Waals surface area contributed by atoms with Crippen LogP contribution in [0.4, 0.5) is 0 Å². The van der Waals surface area contributed by atoms with Crippen LogP contribution in [0.2, 0.25) is 0 Å². The molecule has 0 spiro atoms. The number of amides is 1. The first-order chi connectivity index (χ1) is 13.7. The molecule has 0 aliphatic rings. The molecule has 0 atom stereocenters. The average molecular weight is 370 g/mol. The molecule has 1 radical (unpaired) electrons. The zero-order valence-electron chi connectivity index (χ0n) is 16.1. The Hall–Kier alpha value is -3.14. The smallest absolute Gasteiger partial charge is 0.249 e. The Morgan fingerprint density at radius 3 is 2.79 bits per heavy atom. The zero-order chi connectivity index (χ0) is 19.5. The molecule has 2 N–H and O–H groups in total. The van der Waals surface area contributed by atoms with Gasteiger partial charge in [-0.05, 0) is 54.8 Å². The Kier molecular flexibility index (Phi) is 5.11. The molecular formula is C24H24N3O. The molecule has 1 amide bonds. The van der Waals surface area contributed by atoms with E-state index in [1.54, 1.807) is 12.3 Å². The van der Waals surface area contributed by atoms with Gasteiger partial charge in [0.1, 0.15) is 0 Å². The number of nitrogens with zero attached hydrogens (tertiary/aromatic N) is 2. The van der Waals surface area contributed by atoms with Gasteiger partial charge in [0.05, 0.1) is 23.3 Å². The molecule has 0 aliphatic carbocycles. The second-order valence-corrected chi connectivity index (χ2v) is 7.20. The maximum atomic E-state index is 12.1. The zero-order valence-corrected chi connectivity index (χ0v) is 16.1. The van der Waals surface area contributed by atoms with Crippen molar-refractivity contribution in [2.24, 2.45) is 5.73 Å². The summed E-state index contributed by atoms with van der Waals surface area (Å²) in [4.78, 5) is 16.5. The van der Waals surface area contributed by atoms with Crippen LogP contribution in [0.1, 0.15) is 47.8 Å². The lowest BCUT2D eigenvalue weighted by molar-refractivity contribution is 0.100. The van der Waals surface area contributed by atoms with Crippen molar-refractivity contribution in [2.75, 3.05) is 0 Å². The van der Waals surface area contributed by atoms with E-state index in [0.717, 1.165) is 33.9 Å². The topological polar surface area (TPSA) is 60.9 Å². The van der Waals surface area contributed by atoms with Gasteiger partial charge in [-0.25, -0.2) is 0 Å². The summed E-state index contributed by atoms with van der Waals surface area (Å²) in [6.45, 7) is 2.85. The van der Waals surface area contributed by atoms with Gasteiger partial charge in [-0.3, -0.25) is 9.78 Å². The number of carbonyl (C=O) groups is 1. The minimum absolute atomic E-state index is 0.414. The van der Waals surface area contributed by atoms with E-state index in [0.29, 0.717) is 12.1 Å². The van der Waals surface area contributed by atoms with Crippen molar-refractivity contribution < 1.29 is 4.79 Å². The monoisotopic (exact) mass is 370 g/mol. The highest BCUT2D eigenvalue weighted by Gasteiger charge is 2.17. The van der Waals surface area contributed by atoms with E-state index in [1.165, 1.54) is 24.8 Å². The highest BCUT2D eigenvalue weighted by Crippen LogP contribution is 2.32. The normalized spacial score (nSPS) is 11.3. The lowest BCUT2D eigenvalue weighted by Crippen LogP contribution is -2.11. The van der Waals surface area contributed by atoms with Crippen LogP contribution in [-0.2, 0) is 13.0 Å². The first kappa shape index (κ1) is 18.2. The van der Waals surface area contributed by atoms with Crippen LogP contribution in [-0.4, -0.2) is 15.5 Å². The van der Waals surface area contributed by atoms with Gasteiger partial charge in [-0.15, -0.1) is 0 Å². The molecule has 4 rings (SSSR count). The molecule has 2 aromatic heterocycles. The molecule has 141 valence electrons. The summed E-state index contributed by atoms with van der Waals surface area (Å²) in [7, 11) is 0. The van der Waals surface area contributed by atoms with Gasteiger partial charge in [0.15, 0.2) is 0 Å². The number of unbranched alkanes of at least 4 members (excludes halogenated alkanes) is 2. The van der Waals surface area contributed by atoms with Crippen LogP contribution < -0.4 is 5.73 Å². The molecular weight excluding hydrogens is 346 g/mol. The first-order valence-electron chi connectivity index (χ1n) is 9.84. The standard InChI is InChI=1S/C24H24N3O/c1-2-3-4-8-17-12-13-19-22(15-17)27(16-18-9-5-6-14-26-18)21-11-7-10-20(23(19)21)24(25)28/h5-7,9-12,14-15H,2-4,8,16H2,1H3,(H2,25,28). The van der Waals surface area contributed by atoms with Crippen LogP contribution in [0, 0.1) is 6.07 Å². The number of hydrogen-bond acceptors (Lipinski definition) is 2. The van der Waals surface area contributed by atoms with Gasteiger partial charge >= 0.3 is 0 Å². The number of aromatic nitrogens is 2. The third-order valence-electron chi connectivity index (χ3n) is 5.23. The molecule has 4 heteroatoms. The summed E-state index contributed by atoms with van der Waals surface area (Å²) in [6.07, 6.45) is 6.44. The van der Waals surface area contributed by atoms with Crippen molar-refractivity contribution in [1.82, 2.24) is 9.55 Å². The Labute approximate surface area is 165 Å². The Bertz CT molecular complexity index is 1130. The van der Waals surface area contributed by atoms with Crippen molar-refractivity contribution in [3.63, 3.8) is 0 Å². The number of primary amides is 1. The number of aryl methyl sites for hydroxylation is 1. The van der Waals surface area contributed by atoms with Gasteiger partial charge in [-0.1, -0.05) is 38.0 Å². The lowest BCUT2D eigenvalue weighted by Gasteiger charge is -2.08. The fourth-order valence-electron chi connectivity index (χ4n) is 3.85. The minimum atomic E-state index is -0.414.